The number of nitrogens with zero attached hydrogens (tertiary/aromatic N) is 1. The molecule has 2 aromatic rings. The Bertz CT molecular complexity index is 648. The minimum Gasteiger partial charge on any atom is -0.411 e. The van der Waals surface area contributed by atoms with E-state index in [9.17, 15) is 8.42 Å². The van der Waals surface area contributed by atoms with Crippen LogP contribution in [-0.2, 0) is 10.0 Å². The van der Waals surface area contributed by atoms with Crippen molar-refractivity contribution in [1.82, 2.24) is 0 Å². The molecule has 0 atom stereocenters. The van der Waals surface area contributed by atoms with Crippen molar-refractivity contribution in [3.8, 4) is 0 Å². The van der Waals surface area contributed by atoms with Gasteiger partial charge in [0.15, 0.2) is 0 Å². The van der Waals surface area contributed by atoms with Gasteiger partial charge in [-0.3, -0.25) is 4.72 Å². The average Bonchev–Trinajstić information content (AvgIpc) is 2.79. The van der Waals surface area contributed by atoms with Crippen LogP contribution in [0.5, 0.6) is 0 Å². The van der Waals surface area contributed by atoms with E-state index in [0.29, 0.717) is 11.3 Å². The molecule has 2 N–H and O–H groups in total. The Kier molecular flexibility index (Phi) is 3.63. The van der Waals surface area contributed by atoms with Gasteiger partial charge in [0, 0.05) is 11.3 Å². The van der Waals surface area contributed by atoms with Crippen LogP contribution in [0.3, 0.4) is 0 Å². The van der Waals surface area contributed by atoms with Crippen molar-refractivity contribution in [2.75, 3.05) is 4.72 Å². The highest BCUT2D eigenvalue weighted by molar-refractivity contribution is 7.94. The van der Waals surface area contributed by atoms with Crippen LogP contribution in [0, 0.1) is 0 Å². The molecule has 0 aliphatic carbocycles. The fourth-order valence-corrected chi connectivity index (χ4v) is 3.75. The predicted molar refractivity (Wildman–Crippen MR) is 71.0 cm³/mol. The van der Waals surface area contributed by atoms with Crippen LogP contribution >= 0.6 is 11.3 Å². The topological polar surface area (TPSA) is 78.8 Å². The van der Waals surface area contributed by atoms with Crippen LogP contribution in [0.2, 0.25) is 0 Å². The molecular weight excluding hydrogens is 272 g/mol. The highest BCUT2D eigenvalue weighted by Crippen LogP contribution is 2.23. The number of benzene rings is 1. The Labute approximate surface area is 108 Å². The van der Waals surface area contributed by atoms with Crippen molar-refractivity contribution in [3.63, 3.8) is 0 Å². The number of sulfonamides is 1. The molecule has 0 aliphatic rings. The number of thiophene rings is 1. The Morgan fingerprint density at radius 3 is 2.61 bits per heavy atom. The molecule has 94 valence electrons. The first-order valence-electron chi connectivity index (χ1n) is 4.96. The second-order valence-electron chi connectivity index (χ2n) is 3.38. The van der Waals surface area contributed by atoms with E-state index in [0.717, 1.165) is 17.6 Å². The zero-order valence-corrected chi connectivity index (χ0v) is 10.8. The molecule has 0 fully saturated rings. The van der Waals surface area contributed by atoms with Crippen LogP contribution in [0.25, 0.3) is 0 Å². The molecule has 0 saturated heterocycles. The molecule has 1 heterocycles. The number of rotatable bonds is 4. The van der Waals surface area contributed by atoms with E-state index in [1.54, 1.807) is 41.8 Å². The van der Waals surface area contributed by atoms with Gasteiger partial charge in [0.05, 0.1) is 6.21 Å². The van der Waals surface area contributed by atoms with Crippen LogP contribution in [-0.4, -0.2) is 19.8 Å². The molecule has 7 heteroatoms. The van der Waals surface area contributed by atoms with Crippen LogP contribution in [0.4, 0.5) is 5.69 Å². The molecule has 0 aliphatic heterocycles. The summed E-state index contributed by atoms with van der Waals surface area (Å²) < 4.78 is 26.8. The molecule has 0 saturated carbocycles. The smallest absolute Gasteiger partial charge is 0.272 e. The van der Waals surface area contributed by atoms with Gasteiger partial charge in [-0.2, -0.15) is 0 Å². The van der Waals surface area contributed by atoms with Gasteiger partial charge in [-0.1, -0.05) is 23.4 Å². The monoisotopic (exact) mass is 282 g/mol. The molecule has 0 spiro atoms. The molecule has 1 aromatic carbocycles. The van der Waals surface area contributed by atoms with Crippen molar-refractivity contribution in [1.29, 1.82) is 0 Å². The number of anilines is 1. The van der Waals surface area contributed by atoms with E-state index in [2.05, 4.69) is 9.88 Å². The largest absolute Gasteiger partial charge is 0.411 e. The lowest BCUT2D eigenvalue weighted by atomic mass is 10.3. The Morgan fingerprint density at radius 2 is 1.94 bits per heavy atom. The predicted octanol–water partition coefficient (Wildman–Crippen LogP) is 2.36. The Balaban J connectivity index is 2.34. The van der Waals surface area contributed by atoms with Gasteiger partial charge in [0.2, 0.25) is 0 Å². The zero-order chi connectivity index (χ0) is 13.0. The van der Waals surface area contributed by atoms with Crippen molar-refractivity contribution in [3.05, 3.63) is 47.3 Å². The Hall–Kier alpha value is -1.86. The fraction of sp³-hybridized carbons (Fsp3) is 0. The van der Waals surface area contributed by atoms with E-state index in [4.69, 9.17) is 5.21 Å². The van der Waals surface area contributed by atoms with Gasteiger partial charge in [-0.15, -0.1) is 11.3 Å². The first kappa shape index (κ1) is 12.6. The maximum Gasteiger partial charge on any atom is 0.272 e. The van der Waals surface area contributed by atoms with E-state index < -0.39 is 10.0 Å². The lowest BCUT2D eigenvalue weighted by molar-refractivity contribution is 0.322. The van der Waals surface area contributed by atoms with Crippen molar-refractivity contribution >= 4 is 33.3 Å². The maximum atomic E-state index is 12.1. The number of nitrogens with one attached hydrogen (secondary N) is 1. The van der Waals surface area contributed by atoms with Gasteiger partial charge in [0.1, 0.15) is 4.21 Å². The SMILES string of the molecule is O=S(=O)(Nc1ccccc1)c1sccc1/C=N\O. The van der Waals surface area contributed by atoms with Gasteiger partial charge >= 0.3 is 0 Å². The molecule has 0 bridgehead atoms. The summed E-state index contributed by atoms with van der Waals surface area (Å²) in [6.45, 7) is 0. The van der Waals surface area contributed by atoms with Gasteiger partial charge in [-0.25, -0.2) is 8.42 Å². The molecule has 0 unspecified atom stereocenters. The third-order valence-electron chi connectivity index (χ3n) is 2.13. The molecule has 2 rings (SSSR count). The maximum absolute atomic E-state index is 12.1. The summed E-state index contributed by atoms with van der Waals surface area (Å²) in [7, 11) is -3.66. The summed E-state index contributed by atoms with van der Waals surface area (Å²) >= 11 is 1.06. The first-order valence-corrected chi connectivity index (χ1v) is 7.32. The lowest BCUT2D eigenvalue weighted by Gasteiger charge is -2.06. The summed E-state index contributed by atoms with van der Waals surface area (Å²) in [4.78, 5) is 0. The van der Waals surface area contributed by atoms with E-state index in [1.165, 1.54) is 0 Å². The van der Waals surface area contributed by atoms with E-state index in [-0.39, 0.29) is 4.21 Å². The van der Waals surface area contributed by atoms with E-state index in [1.807, 2.05) is 0 Å². The molecule has 18 heavy (non-hydrogen) atoms. The van der Waals surface area contributed by atoms with Crippen LogP contribution < -0.4 is 4.72 Å². The Morgan fingerprint density at radius 1 is 1.22 bits per heavy atom. The number of oxime groups is 1. The second-order valence-corrected chi connectivity index (χ2v) is 6.17. The van der Waals surface area contributed by atoms with Crippen molar-refractivity contribution < 1.29 is 13.6 Å². The minimum absolute atomic E-state index is 0.115. The van der Waals surface area contributed by atoms with Crippen LogP contribution in [0.1, 0.15) is 5.56 Å². The van der Waals surface area contributed by atoms with Crippen molar-refractivity contribution in [2.24, 2.45) is 5.16 Å². The van der Waals surface area contributed by atoms with Crippen LogP contribution in [0.15, 0.2) is 51.1 Å². The van der Waals surface area contributed by atoms with Gasteiger partial charge in [0.25, 0.3) is 10.0 Å². The quantitative estimate of drug-likeness (QED) is 0.513. The molecular formula is C11H10N2O3S2. The van der Waals surface area contributed by atoms with E-state index >= 15 is 0 Å². The number of hydrogen-bond acceptors (Lipinski definition) is 5. The number of para-hydroxylation sites is 1. The summed E-state index contributed by atoms with van der Waals surface area (Å²) in [5, 5.41) is 12.9. The molecule has 1 aromatic heterocycles. The summed E-state index contributed by atoms with van der Waals surface area (Å²) in [5.41, 5.74) is 0.837. The first-order chi connectivity index (χ1) is 8.63. The summed E-state index contributed by atoms with van der Waals surface area (Å²) in [6, 6.07) is 10.2. The molecule has 5 nitrogen and oxygen atoms in total. The zero-order valence-electron chi connectivity index (χ0n) is 9.15. The fourth-order valence-electron chi connectivity index (χ4n) is 1.39. The standard InChI is InChI=1S/C11H10N2O3S2/c14-12-8-9-6-7-17-11(9)18(15,16)13-10-4-2-1-3-5-10/h1-8,13-14H/b12-8-. The number of hydrogen-bond donors (Lipinski definition) is 2. The molecule has 0 amide bonds. The third kappa shape index (κ3) is 2.69. The second kappa shape index (κ2) is 5.19. The normalized spacial score (nSPS) is 11.8. The third-order valence-corrected chi connectivity index (χ3v) is 5.02. The minimum atomic E-state index is -3.66. The lowest BCUT2D eigenvalue weighted by Crippen LogP contribution is -2.12. The summed E-state index contributed by atoms with van der Waals surface area (Å²) in [5.74, 6) is 0. The highest BCUT2D eigenvalue weighted by atomic mass is 32.2. The average molecular weight is 282 g/mol. The summed E-state index contributed by atoms with van der Waals surface area (Å²) in [6.07, 6.45) is 1.09. The van der Waals surface area contributed by atoms with Gasteiger partial charge < -0.3 is 5.21 Å². The van der Waals surface area contributed by atoms with Gasteiger partial charge in [-0.05, 0) is 23.6 Å². The molecule has 0 radical (unpaired) electrons. The van der Waals surface area contributed by atoms with Crippen molar-refractivity contribution in [2.45, 2.75) is 4.21 Å². The highest BCUT2D eigenvalue weighted by Gasteiger charge is 2.19.